The zero-order chi connectivity index (χ0) is 16.4. The Morgan fingerprint density at radius 2 is 1.96 bits per heavy atom. The van der Waals surface area contributed by atoms with Gasteiger partial charge in [0.1, 0.15) is 0 Å². The Labute approximate surface area is 148 Å². The van der Waals surface area contributed by atoms with Crippen molar-refractivity contribution in [2.24, 2.45) is 4.99 Å². The molecule has 3 nitrogen and oxygen atoms in total. The fourth-order valence-corrected chi connectivity index (χ4v) is 3.20. The zero-order valence-corrected chi connectivity index (χ0v) is 14.5. The van der Waals surface area contributed by atoms with E-state index in [-0.39, 0.29) is 5.91 Å². The van der Waals surface area contributed by atoms with E-state index >= 15 is 0 Å². The van der Waals surface area contributed by atoms with Gasteiger partial charge in [-0.3, -0.25) is 4.79 Å². The second-order valence-corrected chi connectivity index (χ2v) is 6.60. The maximum absolute atomic E-state index is 11.7. The van der Waals surface area contributed by atoms with Crippen LogP contribution in [0, 0.1) is 6.92 Å². The van der Waals surface area contributed by atoms with E-state index in [4.69, 9.17) is 23.2 Å². The van der Waals surface area contributed by atoms with Crippen LogP contribution in [0.5, 0.6) is 0 Å². The van der Waals surface area contributed by atoms with Crippen LogP contribution < -0.4 is 5.32 Å². The quantitative estimate of drug-likeness (QED) is 0.713. The number of carbonyl (C=O) groups is 1. The van der Waals surface area contributed by atoms with Crippen LogP contribution in [0.4, 0.5) is 11.4 Å². The van der Waals surface area contributed by atoms with Gasteiger partial charge in [-0.1, -0.05) is 59.2 Å². The predicted octanol–water partition coefficient (Wildman–Crippen LogP) is 5.69. The molecule has 0 spiro atoms. The first-order valence-electron chi connectivity index (χ1n) is 6.82. The van der Waals surface area contributed by atoms with Gasteiger partial charge in [-0.05, 0) is 36.3 Å². The first-order chi connectivity index (χ1) is 11.1. The Morgan fingerprint density at radius 3 is 2.70 bits per heavy atom. The Morgan fingerprint density at radius 1 is 1.17 bits per heavy atom. The molecule has 0 aromatic heterocycles. The van der Waals surface area contributed by atoms with Gasteiger partial charge in [-0.25, -0.2) is 4.99 Å². The molecule has 0 radical (unpaired) electrons. The van der Waals surface area contributed by atoms with E-state index in [1.54, 1.807) is 17.7 Å². The van der Waals surface area contributed by atoms with Crippen molar-refractivity contribution in [3.63, 3.8) is 0 Å². The molecule has 1 aliphatic rings. The number of amides is 1. The number of halogens is 2. The van der Waals surface area contributed by atoms with Crippen LogP contribution in [0.3, 0.4) is 0 Å². The number of benzene rings is 2. The van der Waals surface area contributed by atoms with Crippen molar-refractivity contribution in [2.75, 3.05) is 5.32 Å². The van der Waals surface area contributed by atoms with E-state index in [1.165, 1.54) is 11.8 Å². The highest BCUT2D eigenvalue weighted by Crippen LogP contribution is 2.36. The minimum absolute atomic E-state index is 0.226. The lowest BCUT2D eigenvalue weighted by Crippen LogP contribution is -1.97. The van der Waals surface area contributed by atoms with Gasteiger partial charge in [0, 0.05) is 5.69 Å². The summed E-state index contributed by atoms with van der Waals surface area (Å²) in [6, 6.07) is 11.3. The van der Waals surface area contributed by atoms with Gasteiger partial charge >= 0.3 is 0 Å². The molecule has 1 amide bonds. The predicted molar refractivity (Wildman–Crippen MR) is 100.0 cm³/mol. The molecule has 0 atom stereocenters. The van der Waals surface area contributed by atoms with Crippen molar-refractivity contribution in [2.45, 2.75) is 6.92 Å². The standard InChI is InChI=1S/C17H12Cl2N2OS/c1-10-6-7-12(18)16(15(10)19)21-13-5-3-2-4-11(13)8-14-17(22)20-9-23-14/h2-9,21H,1H3. The minimum Gasteiger partial charge on any atom is -0.353 e. The highest BCUT2D eigenvalue weighted by Gasteiger charge is 2.15. The van der Waals surface area contributed by atoms with Crippen LogP contribution in [0.15, 0.2) is 46.3 Å². The maximum Gasteiger partial charge on any atom is 0.284 e. The molecule has 2 aromatic carbocycles. The van der Waals surface area contributed by atoms with Gasteiger partial charge in [0.25, 0.3) is 5.91 Å². The molecule has 0 saturated carbocycles. The lowest BCUT2D eigenvalue weighted by molar-refractivity contribution is -0.113. The number of carbonyl (C=O) groups excluding carboxylic acids is 1. The Bertz CT molecular complexity index is 846. The van der Waals surface area contributed by atoms with Gasteiger partial charge in [0.15, 0.2) is 0 Å². The third kappa shape index (κ3) is 3.44. The number of aryl methyl sites for hydroxylation is 1. The maximum atomic E-state index is 11.7. The van der Waals surface area contributed by atoms with Crippen LogP contribution >= 0.6 is 35.0 Å². The van der Waals surface area contributed by atoms with E-state index in [9.17, 15) is 4.79 Å². The highest BCUT2D eigenvalue weighted by atomic mass is 35.5. The minimum atomic E-state index is -0.226. The average Bonchev–Trinajstić information content (AvgIpc) is 2.94. The molecule has 1 aliphatic heterocycles. The molecule has 0 fully saturated rings. The van der Waals surface area contributed by atoms with E-state index in [0.717, 1.165) is 16.8 Å². The summed E-state index contributed by atoms with van der Waals surface area (Å²) in [5.41, 5.74) is 4.81. The molecule has 0 aliphatic carbocycles. The molecule has 23 heavy (non-hydrogen) atoms. The number of para-hydroxylation sites is 1. The summed E-state index contributed by atoms with van der Waals surface area (Å²) in [4.78, 5) is 16.0. The Balaban J connectivity index is 1.99. The molecule has 1 N–H and O–H groups in total. The van der Waals surface area contributed by atoms with Gasteiger partial charge in [0.2, 0.25) is 0 Å². The van der Waals surface area contributed by atoms with E-state index < -0.39 is 0 Å². The van der Waals surface area contributed by atoms with Crippen molar-refractivity contribution in [1.82, 2.24) is 0 Å². The molecule has 1 heterocycles. The second-order valence-electron chi connectivity index (χ2n) is 4.93. The van der Waals surface area contributed by atoms with Gasteiger partial charge in [-0.2, -0.15) is 0 Å². The van der Waals surface area contributed by atoms with Crippen molar-refractivity contribution >= 4 is 63.9 Å². The molecular formula is C17H12Cl2N2OS. The first-order valence-corrected chi connectivity index (χ1v) is 8.45. The van der Waals surface area contributed by atoms with Crippen LogP contribution in [0.25, 0.3) is 6.08 Å². The third-order valence-electron chi connectivity index (χ3n) is 3.35. The number of hydrogen-bond donors (Lipinski definition) is 1. The van der Waals surface area contributed by atoms with Crippen molar-refractivity contribution < 1.29 is 4.79 Å². The lowest BCUT2D eigenvalue weighted by atomic mass is 10.1. The van der Waals surface area contributed by atoms with Crippen LogP contribution in [-0.2, 0) is 4.79 Å². The SMILES string of the molecule is Cc1ccc(Cl)c(Nc2ccccc2C=C2SC=NC2=O)c1Cl. The van der Waals surface area contributed by atoms with Gasteiger partial charge in [0.05, 0.1) is 26.2 Å². The second kappa shape index (κ2) is 6.79. The summed E-state index contributed by atoms with van der Waals surface area (Å²) in [5, 5.41) is 4.39. The molecule has 0 bridgehead atoms. The average molecular weight is 363 g/mol. The van der Waals surface area contributed by atoms with Crippen molar-refractivity contribution in [3.05, 3.63) is 62.5 Å². The number of anilines is 2. The zero-order valence-electron chi connectivity index (χ0n) is 12.1. The third-order valence-corrected chi connectivity index (χ3v) is 4.91. The fourth-order valence-electron chi connectivity index (χ4n) is 2.12. The van der Waals surface area contributed by atoms with Crippen LogP contribution in [-0.4, -0.2) is 11.5 Å². The number of nitrogens with zero attached hydrogens (tertiary/aromatic N) is 1. The summed E-state index contributed by atoms with van der Waals surface area (Å²) in [6.45, 7) is 1.92. The molecule has 3 rings (SSSR count). The molecule has 0 saturated heterocycles. The number of aliphatic imine (C=N–C) groups is 1. The summed E-state index contributed by atoms with van der Waals surface area (Å²) >= 11 is 13.9. The highest BCUT2D eigenvalue weighted by molar-refractivity contribution is 8.16. The Hall–Kier alpha value is -1.75. The number of nitrogens with one attached hydrogen (secondary N) is 1. The Kier molecular flexibility index (Phi) is 4.76. The fraction of sp³-hybridized carbons (Fsp3) is 0.0588. The summed E-state index contributed by atoms with van der Waals surface area (Å²) < 4.78 is 0. The number of rotatable bonds is 3. The largest absolute Gasteiger partial charge is 0.353 e. The number of hydrogen-bond acceptors (Lipinski definition) is 3. The van der Waals surface area contributed by atoms with E-state index in [2.05, 4.69) is 10.3 Å². The smallest absolute Gasteiger partial charge is 0.284 e. The van der Waals surface area contributed by atoms with E-state index in [1.807, 2.05) is 37.3 Å². The van der Waals surface area contributed by atoms with Crippen LogP contribution in [0.2, 0.25) is 10.0 Å². The first kappa shape index (κ1) is 16.1. The van der Waals surface area contributed by atoms with Crippen LogP contribution in [0.1, 0.15) is 11.1 Å². The summed E-state index contributed by atoms with van der Waals surface area (Å²) in [6.07, 6.45) is 1.81. The molecule has 2 aromatic rings. The lowest BCUT2D eigenvalue weighted by Gasteiger charge is -2.14. The molecular weight excluding hydrogens is 351 g/mol. The monoisotopic (exact) mass is 362 g/mol. The molecule has 116 valence electrons. The van der Waals surface area contributed by atoms with Gasteiger partial charge < -0.3 is 5.32 Å². The van der Waals surface area contributed by atoms with Gasteiger partial charge in [-0.15, -0.1) is 0 Å². The van der Waals surface area contributed by atoms with Crippen molar-refractivity contribution in [1.29, 1.82) is 0 Å². The topological polar surface area (TPSA) is 41.5 Å². The number of thioether (sulfide) groups is 1. The molecule has 0 unspecified atom stereocenters. The van der Waals surface area contributed by atoms with E-state index in [0.29, 0.717) is 20.6 Å². The van der Waals surface area contributed by atoms with Crippen molar-refractivity contribution in [3.8, 4) is 0 Å². The summed E-state index contributed by atoms with van der Waals surface area (Å²) in [7, 11) is 0. The molecule has 6 heteroatoms. The normalized spacial score (nSPS) is 15.4. The summed E-state index contributed by atoms with van der Waals surface area (Å²) in [5.74, 6) is -0.226.